The van der Waals surface area contributed by atoms with Crippen LogP contribution in [0.15, 0.2) is 18.2 Å². The fourth-order valence-corrected chi connectivity index (χ4v) is 2.19. The lowest BCUT2D eigenvalue weighted by Crippen LogP contribution is -2.60. The molecule has 0 aliphatic carbocycles. The van der Waals surface area contributed by atoms with Crippen molar-refractivity contribution in [2.75, 3.05) is 6.61 Å². The van der Waals surface area contributed by atoms with Crippen LogP contribution in [0.4, 0.5) is 0 Å². The maximum Gasteiger partial charge on any atom is 0.229 e. The molecule has 1 fully saturated rings. The quantitative estimate of drug-likeness (QED) is 0.436. The fraction of sp³-hybridized carbons (Fsp3) is 0.500. The van der Waals surface area contributed by atoms with Crippen molar-refractivity contribution >= 4 is 5.78 Å². The van der Waals surface area contributed by atoms with Gasteiger partial charge in [0.1, 0.15) is 35.9 Å². The topological polar surface area (TPSA) is 137 Å². The summed E-state index contributed by atoms with van der Waals surface area (Å²) in [5.74, 6) is -0.475. The minimum absolute atomic E-state index is 0.0367. The Hall–Kier alpha value is -1.71. The fourth-order valence-electron chi connectivity index (χ4n) is 2.19. The Balaban J connectivity index is 2.24. The molecule has 0 bridgehead atoms. The summed E-state index contributed by atoms with van der Waals surface area (Å²) in [7, 11) is 0. The molecule has 5 atom stereocenters. The van der Waals surface area contributed by atoms with Crippen molar-refractivity contribution in [3.63, 3.8) is 0 Å². The van der Waals surface area contributed by atoms with Gasteiger partial charge >= 0.3 is 0 Å². The first kappa shape index (κ1) is 16.7. The van der Waals surface area contributed by atoms with Gasteiger partial charge < -0.3 is 35.0 Å². The zero-order valence-electron chi connectivity index (χ0n) is 11.8. The predicted molar refractivity (Wildman–Crippen MR) is 72.5 cm³/mol. The second-order valence-electron chi connectivity index (χ2n) is 5.05. The van der Waals surface area contributed by atoms with Gasteiger partial charge in [-0.25, -0.2) is 0 Å². The first-order valence-electron chi connectivity index (χ1n) is 6.66. The molecular formula is C14H18O8. The highest BCUT2D eigenvalue weighted by Gasteiger charge is 2.44. The van der Waals surface area contributed by atoms with Crippen LogP contribution in [0.5, 0.6) is 11.5 Å². The first-order valence-corrected chi connectivity index (χ1v) is 6.66. The zero-order chi connectivity index (χ0) is 16.4. The second-order valence-corrected chi connectivity index (χ2v) is 5.05. The predicted octanol–water partition coefficient (Wildman–Crippen LogP) is -1.23. The van der Waals surface area contributed by atoms with Gasteiger partial charge in [0.15, 0.2) is 5.78 Å². The Morgan fingerprint density at radius 1 is 1.23 bits per heavy atom. The largest absolute Gasteiger partial charge is 0.508 e. The summed E-state index contributed by atoms with van der Waals surface area (Å²) < 4.78 is 10.6. The molecule has 0 saturated carbocycles. The van der Waals surface area contributed by atoms with Gasteiger partial charge in [0.2, 0.25) is 6.29 Å². The number of carbonyl (C=O) groups is 1. The van der Waals surface area contributed by atoms with Crippen LogP contribution in [0.1, 0.15) is 17.3 Å². The van der Waals surface area contributed by atoms with Crippen LogP contribution in [0, 0.1) is 0 Å². The van der Waals surface area contributed by atoms with E-state index in [1.165, 1.54) is 25.1 Å². The minimum atomic E-state index is -1.58. The number of phenols is 1. The molecule has 1 heterocycles. The van der Waals surface area contributed by atoms with Crippen molar-refractivity contribution < 1.29 is 39.8 Å². The average molecular weight is 314 g/mol. The molecule has 8 heteroatoms. The standard InChI is InChI=1S/C14H18O8/c1-6(16)8-4-7(17)2-3-9(8)21-14-13(20)12(19)11(18)10(5-15)22-14/h2-4,10-15,17-20H,5H2,1H3/t10-,11-,12+,13-,14-/m1/s1. The highest BCUT2D eigenvalue weighted by molar-refractivity contribution is 5.97. The van der Waals surface area contributed by atoms with Crippen LogP contribution in [-0.2, 0) is 4.74 Å². The van der Waals surface area contributed by atoms with Gasteiger partial charge in [0.05, 0.1) is 12.2 Å². The number of aliphatic hydroxyl groups excluding tert-OH is 4. The molecule has 0 spiro atoms. The first-order chi connectivity index (χ1) is 10.3. The number of Topliss-reactive ketones (excluding diaryl/α,β-unsaturated/α-hetero) is 1. The van der Waals surface area contributed by atoms with E-state index in [-0.39, 0.29) is 22.8 Å². The number of hydrogen-bond acceptors (Lipinski definition) is 8. The van der Waals surface area contributed by atoms with Crippen LogP contribution >= 0.6 is 0 Å². The lowest BCUT2D eigenvalue weighted by molar-refractivity contribution is -0.277. The number of ketones is 1. The van der Waals surface area contributed by atoms with Crippen LogP contribution in [-0.4, -0.2) is 68.6 Å². The molecule has 5 N–H and O–H groups in total. The molecule has 8 nitrogen and oxygen atoms in total. The minimum Gasteiger partial charge on any atom is -0.508 e. The van der Waals surface area contributed by atoms with Crippen LogP contribution in [0.25, 0.3) is 0 Å². The molecule has 1 aromatic rings. The van der Waals surface area contributed by atoms with E-state index < -0.39 is 37.3 Å². The van der Waals surface area contributed by atoms with Crippen molar-refractivity contribution in [1.82, 2.24) is 0 Å². The van der Waals surface area contributed by atoms with Gasteiger partial charge in [-0.05, 0) is 25.1 Å². The Kier molecular flexibility index (Phi) is 4.99. The number of hydrogen-bond donors (Lipinski definition) is 5. The Morgan fingerprint density at radius 3 is 2.50 bits per heavy atom. The van der Waals surface area contributed by atoms with Gasteiger partial charge in [-0.1, -0.05) is 0 Å². The van der Waals surface area contributed by atoms with E-state index in [2.05, 4.69) is 0 Å². The Morgan fingerprint density at radius 2 is 1.91 bits per heavy atom. The lowest BCUT2D eigenvalue weighted by Gasteiger charge is -2.39. The summed E-state index contributed by atoms with van der Waals surface area (Å²) in [4.78, 5) is 11.6. The normalized spacial score (nSPS) is 31.8. The van der Waals surface area contributed by atoms with E-state index in [1.807, 2.05) is 0 Å². The molecule has 1 aliphatic heterocycles. The summed E-state index contributed by atoms with van der Waals surface area (Å²) in [6.45, 7) is 0.689. The molecule has 0 aromatic heterocycles. The third-order valence-corrected chi connectivity index (χ3v) is 3.43. The molecule has 1 aliphatic rings. The van der Waals surface area contributed by atoms with Crippen LogP contribution in [0.3, 0.4) is 0 Å². The van der Waals surface area contributed by atoms with Crippen molar-refractivity contribution in [3.8, 4) is 11.5 Å². The SMILES string of the molecule is CC(=O)c1cc(O)ccc1O[C@@H]1O[C@H](CO)[C@@H](O)[C@H](O)[C@H]1O. The molecule has 122 valence electrons. The Labute approximate surface area is 126 Å². The number of rotatable bonds is 4. The van der Waals surface area contributed by atoms with Gasteiger partial charge in [0, 0.05) is 0 Å². The van der Waals surface area contributed by atoms with E-state index in [1.54, 1.807) is 0 Å². The number of phenolic OH excluding ortho intramolecular Hbond substituents is 1. The van der Waals surface area contributed by atoms with Crippen molar-refractivity contribution in [1.29, 1.82) is 0 Å². The number of ether oxygens (including phenoxy) is 2. The molecule has 0 unspecified atom stereocenters. The summed E-state index contributed by atoms with van der Waals surface area (Å²) in [6.07, 6.45) is -7.15. The molecule has 0 radical (unpaired) electrons. The van der Waals surface area contributed by atoms with Crippen molar-refractivity contribution in [2.24, 2.45) is 0 Å². The number of carbonyl (C=O) groups excluding carboxylic acids is 1. The molecule has 1 aromatic carbocycles. The van der Waals surface area contributed by atoms with Gasteiger partial charge in [-0.3, -0.25) is 4.79 Å². The summed E-state index contributed by atoms with van der Waals surface area (Å²) in [5, 5.41) is 47.8. The maximum absolute atomic E-state index is 11.6. The highest BCUT2D eigenvalue weighted by atomic mass is 16.7. The van der Waals surface area contributed by atoms with Gasteiger partial charge in [-0.15, -0.1) is 0 Å². The average Bonchev–Trinajstić information content (AvgIpc) is 2.49. The van der Waals surface area contributed by atoms with Crippen molar-refractivity contribution in [2.45, 2.75) is 37.6 Å². The van der Waals surface area contributed by atoms with Gasteiger partial charge in [-0.2, -0.15) is 0 Å². The summed E-state index contributed by atoms with van der Waals surface area (Å²) in [6, 6.07) is 3.79. The molecule has 0 amide bonds. The maximum atomic E-state index is 11.6. The molecule has 22 heavy (non-hydrogen) atoms. The third-order valence-electron chi connectivity index (χ3n) is 3.43. The van der Waals surface area contributed by atoms with Crippen LogP contribution < -0.4 is 4.74 Å². The van der Waals surface area contributed by atoms with E-state index in [4.69, 9.17) is 14.6 Å². The van der Waals surface area contributed by atoms with Crippen LogP contribution in [0.2, 0.25) is 0 Å². The molecule has 2 rings (SSSR count). The number of benzene rings is 1. The van der Waals surface area contributed by atoms with E-state index in [0.717, 1.165) is 0 Å². The number of aliphatic hydroxyl groups is 4. The smallest absolute Gasteiger partial charge is 0.229 e. The monoisotopic (exact) mass is 314 g/mol. The highest BCUT2D eigenvalue weighted by Crippen LogP contribution is 2.28. The molecule has 1 saturated heterocycles. The van der Waals surface area contributed by atoms with E-state index >= 15 is 0 Å². The zero-order valence-corrected chi connectivity index (χ0v) is 11.8. The number of aromatic hydroxyl groups is 1. The lowest BCUT2D eigenvalue weighted by atomic mass is 9.99. The molecular weight excluding hydrogens is 296 g/mol. The van der Waals surface area contributed by atoms with E-state index in [9.17, 15) is 25.2 Å². The summed E-state index contributed by atoms with van der Waals surface area (Å²) >= 11 is 0. The Bertz CT molecular complexity index is 544. The summed E-state index contributed by atoms with van der Waals surface area (Å²) in [5.41, 5.74) is 0.0666. The van der Waals surface area contributed by atoms with E-state index in [0.29, 0.717) is 0 Å². The van der Waals surface area contributed by atoms with Gasteiger partial charge in [0.25, 0.3) is 0 Å². The third kappa shape index (κ3) is 3.21. The van der Waals surface area contributed by atoms with Crippen molar-refractivity contribution in [3.05, 3.63) is 23.8 Å². The second kappa shape index (κ2) is 6.59.